The van der Waals surface area contributed by atoms with E-state index in [1.165, 1.54) is 0 Å². The fourth-order valence-electron chi connectivity index (χ4n) is 4.86. The fourth-order valence-corrected chi connectivity index (χ4v) is 4.86. The van der Waals surface area contributed by atoms with E-state index in [2.05, 4.69) is 13.8 Å². The van der Waals surface area contributed by atoms with Crippen molar-refractivity contribution < 1.29 is 29.2 Å². The number of rotatable bonds is 7. The molecule has 0 radical (unpaired) electrons. The number of fused-ring (bicyclic) bond motifs is 3. The van der Waals surface area contributed by atoms with E-state index in [0.29, 0.717) is 12.2 Å². The minimum atomic E-state index is -1.53. The lowest BCUT2D eigenvalue weighted by molar-refractivity contribution is -0.125. The molecular weight excluding hydrogens is 348 g/mol. The predicted molar refractivity (Wildman–Crippen MR) is 99.5 cm³/mol. The third kappa shape index (κ3) is 3.07. The summed E-state index contributed by atoms with van der Waals surface area (Å²) in [7, 11) is 0. The van der Waals surface area contributed by atoms with Crippen molar-refractivity contribution in [3.8, 4) is 0 Å². The van der Waals surface area contributed by atoms with E-state index in [1.807, 2.05) is 27.7 Å². The van der Waals surface area contributed by atoms with E-state index in [1.54, 1.807) is 0 Å². The largest absolute Gasteiger partial charge is 0.495 e. The second-order valence-electron chi connectivity index (χ2n) is 9.01. The molecule has 3 aliphatic rings. The lowest BCUT2D eigenvalue weighted by Crippen LogP contribution is -2.38. The standard InChI is InChI=1S/C21H32O6/c1-11(2)26-17-16(23)14-9-13-10-20(5,6)18(25-8-7-22)15(13)21(14,24)19(17)27-12(3)4/h11-14,22,24H,7-10H2,1-6H3/t13-,14-,21-/m0/s1. The number of hydrogen-bond donors (Lipinski definition) is 2. The highest BCUT2D eigenvalue weighted by atomic mass is 16.5. The van der Waals surface area contributed by atoms with Crippen molar-refractivity contribution in [1.82, 2.24) is 0 Å². The molecule has 6 nitrogen and oxygen atoms in total. The van der Waals surface area contributed by atoms with Crippen LogP contribution in [0.1, 0.15) is 54.4 Å². The van der Waals surface area contributed by atoms with Crippen molar-refractivity contribution in [3.63, 3.8) is 0 Å². The Morgan fingerprint density at radius 2 is 1.74 bits per heavy atom. The van der Waals surface area contributed by atoms with E-state index in [0.717, 1.165) is 12.0 Å². The van der Waals surface area contributed by atoms with Crippen molar-refractivity contribution in [1.29, 1.82) is 0 Å². The summed E-state index contributed by atoms with van der Waals surface area (Å²) < 4.78 is 17.7. The molecule has 3 aliphatic carbocycles. The van der Waals surface area contributed by atoms with Gasteiger partial charge in [0.05, 0.1) is 24.7 Å². The van der Waals surface area contributed by atoms with Gasteiger partial charge in [-0.15, -0.1) is 0 Å². The highest BCUT2D eigenvalue weighted by Gasteiger charge is 2.67. The average molecular weight is 380 g/mol. The van der Waals surface area contributed by atoms with Crippen molar-refractivity contribution in [2.24, 2.45) is 17.3 Å². The Morgan fingerprint density at radius 3 is 2.30 bits per heavy atom. The molecule has 3 atom stereocenters. The molecule has 0 heterocycles. The molecule has 1 fully saturated rings. The number of aliphatic hydroxyl groups is 2. The van der Waals surface area contributed by atoms with Gasteiger partial charge in [0, 0.05) is 11.0 Å². The minimum Gasteiger partial charge on any atom is -0.495 e. The van der Waals surface area contributed by atoms with Gasteiger partial charge >= 0.3 is 0 Å². The van der Waals surface area contributed by atoms with Crippen LogP contribution in [0.4, 0.5) is 0 Å². The molecule has 0 bridgehead atoms. The van der Waals surface area contributed by atoms with Crippen LogP contribution in [0.15, 0.2) is 22.9 Å². The summed E-state index contributed by atoms with van der Waals surface area (Å²) in [6, 6.07) is 0. The van der Waals surface area contributed by atoms with Crippen LogP contribution in [0.5, 0.6) is 0 Å². The maximum Gasteiger partial charge on any atom is 0.207 e. The SMILES string of the molecule is CC(C)OC1=C(OC(C)C)[C@@]2(O)C3=C(OCCO)C(C)(C)C[C@@H]3C[C@H]2C1=O. The second kappa shape index (κ2) is 6.82. The Balaban J connectivity index is 2.16. The summed E-state index contributed by atoms with van der Waals surface area (Å²) >= 11 is 0. The molecule has 0 aliphatic heterocycles. The van der Waals surface area contributed by atoms with Gasteiger partial charge in [0.2, 0.25) is 11.5 Å². The molecule has 3 rings (SSSR count). The van der Waals surface area contributed by atoms with E-state index < -0.39 is 11.5 Å². The quantitative estimate of drug-likeness (QED) is 0.706. The van der Waals surface area contributed by atoms with Gasteiger partial charge in [-0.25, -0.2) is 0 Å². The molecule has 0 amide bonds. The lowest BCUT2D eigenvalue weighted by atomic mass is 9.84. The van der Waals surface area contributed by atoms with Crippen LogP contribution in [0.2, 0.25) is 0 Å². The van der Waals surface area contributed by atoms with Gasteiger partial charge in [-0.05, 0) is 46.5 Å². The number of Topliss-reactive ketones (excluding diaryl/α,β-unsaturated/α-hetero) is 1. The van der Waals surface area contributed by atoms with Gasteiger partial charge in [-0.2, -0.15) is 0 Å². The Kier molecular flexibility index (Phi) is 5.10. The van der Waals surface area contributed by atoms with Crippen LogP contribution < -0.4 is 0 Å². The normalized spacial score (nSPS) is 31.9. The number of aliphatic hydroxyl groups excluding tert-OH is 1. The Hall–Kier alpha value is -1.53. The molecule has 152 valence electrons. The smallest absolute Gasteiger partial charge is 0.207 e. The third-order valence-electron chi connectivity index (χ3n) is 5.60. The van der Waals surface area contributed by atoms with E-state index in [9.17, 15) is 15.0 Å². The van der Waals surface area contributed by atoms with Crippen LogP contribution in [-0.4, -0.2) is 47.0 Å². The summed E-state index contributed by atoms with van der Waals surface area (Å²) in [6.45, 7) is 11.6. The van der Waals surface area contributed by atoms with Gasteiger partial charge in [0.1, 0.15) is 12.4 Å². The zero-order valence-electron chi connectivity index (χ0n) is 17.2. The zero-order valence-corrected chi connectivity index (χ0v) is 17.2. The predicted octanol–water partition coefficient (Wildman–Crippen LogP) is 2.69. The van der Waals surface area contributed by atoms with Crippen molar-refractivity contribution >= 4 is 5.78 Å². The van der Waals surface area contributed by atoms with E-state index in [-0.39, 0.29) is 54.1 Å². The number of carbonyl (C=O) groups is 1. The van der Waals surface area contributed by atoms with Gasteiger partial charge in [-0.3, -0.25) is 4.79 Å². The Morgan fingerprint density at radius 1 is 1.11 bits per heavy atom. The van der Waals surface area contributed by atoms with Crippen molar-refractivity contribution in [2.75, 3.05) is 13.2 Å². The van der Waals surface area contributed by atoms with Crippen LogP contribution in [0.25, 0.3) is 0 Å². The van der Waals surface area contributed by atoms with Crippen LogP contribution in [0.3, 0.4) is 0 Å². The average Bonchev–Trinajstić information content (AvgIpc) is 3.03. The number of allylic oxidation sites excluding steroid dienone is 2. The summed E-state index contributed by atoms with van der Waals surface area (Å²) in [5, 5.41) is 21.1. The number of hydrogen-bond acceptors (Lipinski definition) is 6. The Bertz CT molecular complexity index is 687. The maximum absolute atomic E-state index is 13.1. The second-order valence-corrected chi connectivity index (χ2v) is 9.01. The summed E-state index contributed by atoms with van der Waals surface area (Å²) in [5.74, 6) is 0.297. The Labute approximate surface area is 161 Å². The van der Waals surface area contributed by atoms with Gasteiger partial charge in [-0.1, -0.05) is 13.8 Å². The van der Waals surface area contributed by atoms with E-state index in [4.69, 9.17) is 14.2 Å². The number of ketones is 1. The highest BCUT2D eigenvalue weighted by molar-refractivity contribution is 6.02. The zero-order chi connectivity index (χ0) is 20.1. The first kappa shape index (κ1) is 20.2. The topological polar surface area (TPSA) is 85.2 Å². The molecule has 2 N–H and O–H groups in total. The van der Waals surface area contributed by atoms with Crippen LogP contribution in [-0.2, 0) is 19.0 Å². The molecule has 0 aromatic rings. The molecule has 0 unspecified atom stereocenters. The molecule has 6 heteroatoms. The third-order valence-corrected chi connectivity index (χ3v) is 5.60. The molecular formula is C21H32O6. The molecule has 0 spiro atoms. The lowest BCUT2D eigenvalue weighted by Gasteiger charge is -2.31. The molecule has 0 aromatic carbocycles. The summed E-state index contributed by atoms with van der Waals surface area (Å²) in [4.78, 5) is 13.1. The van der Waals surface area contributed by atoms with Gasteiger partial charge < -0.3 is 24.4 Å². The first-order chi connectivity index (χ1) is 12.5. The van der Waals surface area contributed by atoms with Crippen LogP contribution in [0, 0.1) is 17.3 Å². The summed E-state index contributed by atoms with van der Waals surface area (Å²) in [6.07, 6.45) is 0.935. The molecule has 0 aromatic heterocycles. The summed E-state index contributed by atoms with van der Waals surface area (Å²) in [5.41, 5.74) is -1.07. The monoisotopic (exact) mass is 380 g/mol. The van der Waals surface area contributed by atoms with Crippen LogP contribution >= 0.6 is 0 Å². The highest BCUT2D eigenvalue weighted by Crippen LogP contribution is 2.63. The number of ether oxygens (including phenoxy) is 3. The first-order valence-electron chi connectivity index (χ1n) is 9.87. The fraction of sp³-hybridized carbons (Fsp3) is 0.762. The molecule has 0 saturated heterocycles. The van der Waals surface area contributed by atoms with Crippen molar-refractivity contribution in [2.45, 2.75) is 72.2 Å². The first-order valence-corrected chi connectivity index (χ1v) is 9.87. The van der Waals surface area contributed by atoms with Gasteiger partial charge in [0.25, 0.3) is 0 Å². The minimum absolute atomic E-state index is 0.0546. The molecule has 27 heavy (non-hydrogen) atoms. The van der Waals surface area contributed by atoms with Gasteiger partial charge in [0.15, 0.2) is 11.4 Å². The number of carbonyl (C=O) groups excluding carboxylic acids is 1. The maximum atomic E-state index is 13.1. The van der Waals surface area contributed by atoms with Crippen molar-refractivity contribution in [3.05, 3.63) is 22.9 Å². The van der Waals surface area contributed by atoms with E-state index >= 15 is 0 Å². The molecule has 1 saturated carbocycles.